The fourth-order valence-corrected chi connectivity index (χ4v) is 3.94. The minimum Gasteiger partial charge on any atom is -0.497 e. The van der Waals surface area contributed by atoms with Crippen molar-refractivity contribution >= 4 is 6.03 Å². The molecule has 2 aliphatic rings. The summed E-state index contributed by atoms with van der Waals surface area (Å²) >= 11 is 0. The molecule has 1 fully saturated rings. The Morgan fingerprint density at radius 1 is 1.28 bits per heavy atom. The van der Waals surface area contributed by atoms with Crippen LogP contribution < -0.4 is 4.74 Å². The summed E-state index contributed by atoms with van der Waals surface area (Å²) in [7, 11) is 1.70. The van der Waals surface area contributed by atoms with Crippen LogP contribution in [0.1, 0.15) is 29.9 Å². The van der Waals surface area contributed by atoms with Crippen LogP contribution in [0.25, 0.3) is 0 Å². The number of aromatic nitrogens is 2. The zero-order valence-electron chi connectivity index (χ0n) is 14.8. The summed E-state index contributed by atoms with van der Waals surface area (Å²) in [5.74, 6) is 1.69. The molecule has 0 unspecified atom stereocenters. The zero-order chi connectivity index (χ0) is 17.4. The maximum Gasteiger partial charge on any atom is 0.330 e. The van der Waals surface area contributed by atoms with Crippen molar-refractivity contribution in [2.24, 2.45) is 0 Å². The van der Waals surface area contributed by atoms with Crippen LogP contribution in [0.3, 0.4) is 0 Å². The summed E-state index contributed by atoms with van der Waals surface area (Å²) in [5.41, 5.74) is 2.29. The SMILES string of the molecule is COc1cccc(CN2CCC(N3Cc4cnc(C)n4C3=O)CC2)c1. The first-order valence-electron chi connectivity index (χ1n) is 8.85. The minimum absolute atomic E-state index is 0.0937. The number of ether oxygens (including phenoxy) is 1. The van der Waals surface area contributed by atoms with Crippen LogP contribution in [-0.2, 0) is 13.1 Å². The van der Waals surface area contributed by atoms with E-state index in [0.717, 1.165) is 49.7 Å². The normalized spacial score (nSPS) is 18.6. The van der Waals surface area contributed by atoms with Gasteiger partial charge in [0.25, 0.3) is 0 Å². The molecule has 4 rings (SSSR count). The highest BCUT2D eigenvalue weighted by atomic mass is 16.5. The van der Waals surface area contributed by atoms with Gasteiger partial charge in [0, 0.05) is 25.7 Å². The van der Waals surface area contributed by atoms with Gasteiger partial charge >= 0.3 is 6.03 Å². The van der Waals surface area contributed by atoms with Gasteiger partial charge in [-0.1, -0.05) is 12.1 Å². The summed E-state index contributed by atoms with van der Waals surface area (Å²) < 4.78 is 7.06. The van der Waals surface area contributed by atoms with E-state index in [9.17, 15) is 4.79 Å². The molecule has 0 N–H and O–H groups in total. The van der Waals surface area contributed by atoms with E-state index in [1.54, 1.807) is 11.7 Å². The molecule has 0 spiro atoms. The Balaban J connectivity index is 1.35. The standard InChI is InChI=1S/C19H24N4O2/c1-14-20-11-17-13-22(19(24)23(14)17)16-6-8-21(9-7-16)12-15-4-3-5-18(10-15)25-2/h3-5,10-11,16H,6-9,12-13H2,1-2H3. The lowest BCUT2D eigenvalue weighted by Gasteiger charge is -2.36. The molecule has 6 nitrogen and oxygen atoms in total. The maximum absolute atomic E-state index is 12.6. The number of hydrogen-bond acceptors (Lipinski definition) is 4. The molecular weight excluding hydrogens is 316 g/mol. The number of imidazole rings is 1. The molecule has 0 bridgehead atoms. The number of likely N-dealkylation sites (tertiary alicyclic amines) is 1. The average molecular weight is 340 g/mol. The van der Waals surface area contributed by atoms with Crippen LogP contribution in [0.4, 0.5) is 4.79 Å². The molecule has 1 amide bonds. The van der Waals surface area contributed by atoms with Crippen molar-refractivity contribution in [1.29, 1.82) is 0 Å². The van der Waals surface area contributed by atoms with E-state index in [2.05, 4.69) is 22.0 Å². The van der Waals surface area contributed by atoms with Gasteiger partial charge in [0.2, 0.25) is 0 Å². The third-order valence-corrected chi connectivity index (χ3v) is 5.32. The molecule has 2 aliphatic heterocycles. The average Bonchev–Trinajstić information content (AvgIpc) is 3.16. The number of carbonyl (C=O) groups is 1. The predicted octanol–water partition coefficient (Wildman–Crippen LogP) is 2.65. The van der Waals surface area contributed by atoms with Crippen molar-refractivity contribution < 1.29 is 9.53 Å². The topological polar surface area (TPSA) is 50.6 Å². The summed E-state index contributed by atoms with van der Waals surface area (Å²) in [4.78, 5) is 21.4. The second-order valence-electron chi connectivity index (χ2n) is 6.90. The number of rotatable bonds is 4. The van der Waals surface area contributed by atoms with Gasteiger partial charge in [0.05, 0.1) is 25.5 Å². The second-order valence-corrected chi connectivity index (χ2v) is 6.90. The van der Waals surface area contributed by atoms with Crippen LogP contribution in [-0.4, -0.2) is 51.6 Å². The number of fused-ring (bicyclic) bond motifs is 1. The van der Waals surface area contributed by atoms with Gasteiger partial charge in [-0.3, -0.25) is 9.47 Å². The van der Waals surface area contributed by atoms with E-state index in [1.807, 2.05) is 30.2 Å². The summed E-state index contributed by atoms with van der Waals surface area (Å²) in [6, 6.07) is 8.67. The first-order chi connectivity index (χ1) is 12.2. The van der Waals surface area contributed by atoms with Gasteiger partial charge in [0.1, 0.15) is 11.6 Å². The van der Waals surface area contributed by atoms with E-state index in [4.69, 9.17) is 4.74 Å². The van der Waals surface area contributed by atoms with Crippen molar-refractivity contribution in [3.8, 4) is 5.75 Å². The highest BCUT2D eigenvalue weighted by Crippen LogP contribution is 2.26. The van der Waals surface area contributed by atoms with Crippen molar-refractivity contribution in [2.45, 2.75) is 38.9 Å². The molecule has 132 valence electrons. The monoisotopic (exact) mass is 340 g/mol. The number of carbonyl (C=O) groups excluding carboxylic acids is 1. The third kappa shape index (κ3) is 3.02. The number of aryl methyl sites for hydroxylation is 1. The van der Waals surface area contributed by atoms with Gasteiger partial charge in [-0.25, -0.2) is 9.78 Å². The molecule has 3 heterocycles. The van der Waals surface area contributed by atoms with Crippen LogP contribution in [0.15, 0.2) is 30.5 Å². The molecule has 25 heavy (non-hydrogen) atoms. The Morgan fingerprint density at radius 2 is 2.08 bits per heavy atom. The van der Waals surface area contributed by atoms with Crippen LogP contribution in [0.5, 0.6) is 5.75 Å². The Kier molecular flexibility index (Phi) is 4.21. The summed E-state index contributed by atoms with van der Waals surface area (Å²) in [5, 5.41) is 0. The Morgan fingerprint density at radius 3 is 2.80 bits per heavy atom. The van der Waals surface area contributed by atoms with E-state index in [0.29, 0.717) is 12.6 Å². The van der Waals surface area contributed by atoms with Crippen molar-refractivity contribution in [2.75, 3.05) is 20.2 Å². The van der Waals surface area contributed by atoms with Crippen molar-refractivity contribution in [3.63, 3.8) is 0 Å². The van der Waals surface area contributed by atoms with Gasteiger partial charge in [0.15, 0.2) is 0 Å². The van der Waals surface area contributed by atoms with Crippen LogP contribution >= 0.6 is 0 Å². The fraction of sp³-hybridized carbons (Fsp3) is 0.474. The Hall–Kier alpha value is -2.34. The lowest BCUT2D eigenvalue weighted by atomic mass is 10.0. The second kappa shape index (κ2) is 6.52. The largest absolute Gasteiger partial charge is 0.497 e. The third-order valence-electron chi connectivity index (χ3n) is 5.32. The molecule has 1 aromatic heterocycles. The van der Waals surface area contributed by atoms with Gasteiger partial charge in [-0.05, 0) is 37.5 Å². The summed E-state index contributed by atoms with van der Waals surface area (Å²) in [6.45, 7) is 5.54. The zero-order valence-corrected chi connectivity index (χ0v) is 14.8. The van der Waals surface area contributed by atoms with E-state index < -0.39 is 0 Å². The number of methoxy groups -OCH3 is 1. The van der Waals surface area contributed by atoms with Gasteiger partial charge in [-0.2, -0.15) is 0 Å². The number of piperidine rings is 1. The lowest BCUT2D eigenvalue weighted by Crippen LogP contribution is -2.45. The first kappa shape index (κ1) is 16.1. The maximum atomic E-state index is 12.6. The number of amides is 1. The van der Waals surface area contributed by atoms with E-state index >= 15 is 0 Å². The molecule has 6 heteroatoms. The van der Waals surface area contributed by atoms with Gasteiger partial charge in [-0.15, -0.1) is 0 Å². The van der Waals surface area contributed by atoms with E-state index in [1.165, 1.54) is 5.56 Å². The number of hydrogen-bond donors (Lipinski definition) is 0. The molecule has 1 aromatic carbocycles. The molecule has 0 aliphatic carbocycles. The summed E-state index contributed by atoms with van der Waals surface area (Å²) in [6.07, 6.45) is 3.87. The Bertz CT molecular complexity index is 777. The molecule has 0 atom stereocenters. The fourth-order valence-electron chi connectivity index (χ4n) is 3.94. The smallest absolute Gasteiger partial charge is 0.330 e. The minimum atomic E-state index is 0.0937. The van der Waals surface area contributed by atoms with E-state index in [-0.39, 0.29) is 6.03 Å². The van der Waals surface area contributed by atoms with Crippen molar-refractivity contribution in [3.05, 3.63) is 47.5 Å². The number of nitrogens with zero attached hydrogens (tertiary/aromatic N) is 4. The molecule has 2 aromatic rings. The quantitative estimate of drug-likeness (QED) is 0.859. The predicted molar refractivity (Wildman–Crippen MR) is 94.6 cm³/mol. The van der Waals surface area contributed by atoms with Crippen LogP contribution in [0.2, 0.25) is 0 Å². The van der Waals surface area contributed by atoms with Crippen molar-refractivity contribution in [1.82, 2.24) is 19.4 Å². The molecule has 0 radical (unpaired) electrons. The number of benzene rings is 1. The van der Waals surface area contributed by atoms with Gasteiger partial charge < -0.3 is 9.64 Å². The highest BCUT2D eigenvalue weighted by Gasteiger charge is 2.35. The highest BCUT2D eigenvalue weighted by molar-refractivity contribution is 5.81. The lowest BCUT2D eigenvalue weighted by molar-refractivity contribution is 0.123. The molecule has 0 saturated carbocycles. The Labute approximate surface area is 148 Å². The van der Waals surface area contributed by atoms with Crippen LogP contribution in [0, 0.1) is 6.92 Å². The molecule has 1 saturated heterocycles. The first-order valence-corrected chi connectivity index (χ1v) is 8.85. The molecular formula is C19H24N4O2.